The summed E-state index contributed by atoms with van der Waals surface area (Å²) in [5.74, 6) is 0. The van der Waals surface area contributed by atoms with Crippen LogP contribution in [0.25, 0.3) is 0 Å². The van der Waals surface area contributed by atoms with Crippen LogP contribution in [0.15, 0.2) is 12.3 Å². The standard InChI is InChI=1S/C5H5N2O/c1-8-5-6-3-2-4-7-5/h2-3H,1H3. The summed E-state index contributed by atoms with van der Waals surface area (Å²) in [5, 5.41) is 0. The zero-order chi connectivity index (χ0) is 5.82. The lowest BCUT2D eigenvalue weighted by Crippen LogP contribution is -1.88. The molecule has 0 saturated carbocycles. The Balaban J connectivity index is 2.83. The second-order valence-corrected chi connectivity index (χ2v) is 1.17. The van der Waals surface area contributed by atoms with Crippen LogP contribution >= 0.6 is 0 Å². The van der Waals surface area contributed by atoms with Gasteiger partial charge in [0.25, 0.3) is 0 Å². The van der Waals surface area contributed by atoms with Gasteiger partial charge < -0.3 is 4.74 Å². The largest absolute Gasteiger partial charge is 0.467 e. The van der Waals surface area contributed by atoms with Crippen LogP contribution in [0.2, 0.25) is 0 Å². The summed E-state index contributed by atoms with van der Waals surface area (Å²) >= 11 is 0. The van der Waals surface area contributed by atoms with E-state index in [4.69, 9.17) is 0 Å². The van der Waals surface area contributed by atoms with Gasteiger partial charge >= 0.3 is 6.01 Å². The van der Waals surface area contributed by atoms with Gasteiger partial charge in [-0.05, 0) is 6.07 Å². The molecule has 0 unspecified atom stereocenters. The third-order valence-corrected chi connectivity index (χ3v) is 0.677. The molecule has 1 aromatic rings. The van der Waals surface area contributed by atoms with E-state index < -0.39 is 0 Å². The first-order chi connectivity index (χ1) is 3.93. The minimum absolute atomic E-state index is 0.354. The molecule has 0 fully saturated rings. The molecular weight excluding hydrogens is 104 g/mol. The SMILES string of the molecule is COc1n[c]ccn1. The summed E-state index contributed by atoms with van der Waals surface area (Å²) in [6.07, 6.45) is 4.15. The molecule has 41 valence electrons. The highest BCUT2D eigenvalue weighted by Crippen LogP contribution is 1.92. The predicted molar refractivity (Wildman–Crippen MR) is 27.4 cm³/mol. The van der Waals surface area contributed by atoms with Crippen LogP contribution in [-0.4, -0.2) is 17.1 Å². The number of hydrogen-bond donors (Lipinski definition) is 0. The van der Waals surface area contributed by atoms with E-state index in [9.17, 15) is 0 Å². The van der Waals surface area contributed by atoms with Crippen LogP contribution < -0.4 is 4.74 Å². The zero-order valence-corrected chi connectivity index (χ0v) is 4.46. The zero-order valence-electron chi connectivity index (χ0n) is 4.46. The van der Waals surface area contributed by atoms with E-state index in [1.165, 1.54) is 7.11 Å². The van der Waals surface area contributed by atoms with Crippen LogP contribution in [0.3, 0.4) is 0 Å². The van der Waals surface area contributed by atoms with E-state index in [0.717, 1.165) is 0 Å². The molecule has 3 nitrogen and oxygen atoms in total. The highest BCUT2D eigenvalue weighted by atomic mass is 16.5. The van der Waals surface area contributed by atoms with Crippen molar-refractivity contribution >= 4 is 0 Å². The smallest absolute Gasteiger partial charge is 0.316 e. The average Bonchev–Trinajstić information content (AvgIpc) is 1.90. The molecule has 0 spiro atoms. The first-order valence-corrected chi connectivity index (χ1v) is 2.16. The molecule has 0 aromatic carbocycles. The van der Waals surface area contributed by atoms with E-state index in [1.54, 1.807) is 12.3 Å². The fraction of sp³-hybridized carbons (Fsp3) is 0.200. The minimum atomic E-state index is 0.354. The molecule has 0 aliphatic carbocycles. The quantitative estimate of drug-likeness (QED) is 0.519. The third-order valence-electron chi connectivity index (χ3n) is 0.677. The number of ether oxygens (including phenoxy) is 1. The van der Waals surface area contributed by atoms with Crippen molar-refractivity contribution in [3.8, 4) is 6.01 Å². The Morgan fingerprint density at radius 2 is 2.62 bits per heavy atom. The average molecular weight is 109 g/mol. The lowest BCUT2D eigenvalue weighted by Gasteiger charge is -1.90. The van der Waals surface area contributed by atoms with E-state index in [0.29, 0.717) is 6.01 Å². The van der Waals surface area contributed by atoms with Gasteiger partial charge in [0.05, 0.1) is 13.3 Å². The Kier molecular flexibility index (Phi) is 1.42. The fourth-order valence-electron chi connectivity index (χ4n) is 0.354. The van der Waals surface area contributed by atoms with Crippen molar-refractivity contribution in [2.75, 3.05) is 7.11 Å². The number of hydrogen-bond acceptors (Lipinski definition) is 3. The summed E-state index contributed by atoms with van der Waals surface area (Å²) in [7, 11) is 1.52. The second kappa shape index (κ2) is 2.26. The van der Waals surface area contributed by atoms with Gasteiger partial charge in [-0.1, -0.05) is 0 Å². The van der Waals surface area contributed by atoms with Gasteiger partial charge in [0.15, 0.2) is 0 Å². The Labute approximate surface area is 47.3 Å². The Morgan fingerprint density at radius 1 is 1.75 bits per heavy atom. The fourth-order valence-corrected chi connectivity index (χ4v) is 0.354. The Bertz CT molecular complexity index is 152. The molecule has 0 aliphatic rings. The topological polar surface area (TPSA) is 35.0 Å². The van der Waals surface area contributed by atoms with Crippen LogP contribution in [0.4, 0.5) is 0 Å². The number of methoxy groups -OCH3 is 1. The summed E-state index contributed by atoms with van der Waals surface area (Å²) in [6.45, 7) is 0. The molecule has 1 heterocycles. The summed E-state index contributed by atoms with van der Waals surface area (Å²) in [5.41, 5.74) is 0. The van der Waals surface area contributed by atoms with Crippen molar-refractivity contribution in [3.05, 3.63) is 18.5 Å². The van der Waals surface area contributed by atoms with Crippen LogP contribution in [0.5, 0.6) is 6.01 Å². The maximum absolute atomic E-state index is 4.66. The minimum Gasteiger partial charge on any atom is -0.467 e. The maximum Gasteiger partial charge on any atom is 0.316 e. The van der Waals surface area contributed by atoms with Crippen molar-refractivity contribution < 1.29 is 4.74 Å². The van der Waals surface area contributed by atoms with Crippen molar-refractivity contribution in [1.29, 1.82) is 0 Å². The molecule has 1 aromatic heterocycles. The van der Waals surface area contributed by atoms with Crippen molar-refractivity contribution in [2.24, 2.45) is 0 Å². The maximum atomic E-state index is 4.66. The monoisotopic (exact) mass is 109 g/mol. The summed E-state index contributed by atoms with van der Waals surface area (Å²) in [4.78, 5) is 7.37. The molecule has 0 amide bonds. The molecule has 1 radical (unpaired) electrons. The van der Waals surface area contributed by atoms with Crippen LogP contribution in [-0.2, 0) is 0 Å². The molecule has 3 heteroatoms. The van der Waals surface area contributed by atoms with Gasteiger partial charge in [-0.25, -0.2) is 4.98 Å². The van der Waals surface area contributed by atoms with Crippen LogP contribution in [0.1, 0.15) is 0 Å². The normalized spacial score (nSPS) is 8.62. The lowest BCUT2D eigenvalue weighted by molar-refractivity contribution is 0.379. The molecule has 0 saturated heterocycles. The lowest BCUT2D eigenvalue weighted by atomic mass is 10.7. The first-order valence-electron chi connectivity index (χ1n) is 2.16. The Morgan fingerprint density at radius 3 is 3.00 bits per heavy atom. The van der Waals surface area contributed by atoms with E-state index in [2.05, 4.69) is 20.9 Å². The van der Waals surface area contributed by atoms with Crippen LogP contribution in [0, 0.1) is 6.20 Å². The van der Waals surface area contributed by atoms with Gasteiger partial charge in [0.1, 0.15) is 0 Å². The molecule has 1 rings (SSSR count). The first kappa shape index (κ1) is 5.03. The van der Waals surface area contributed by atoms with Crippen molar-refractivity contribution in [3.63, 3.8) is 0 Å². The van der Waals surface area contributed by atoms with Crippen molar-refractivity contribution in [2.45, 2.75) is 0 Å². The summed E-state index contributed by atoms with van der Waals surface area (Å²) < 4.78 is 4.66. The Hall–Kier alpha value is -1.12. The highest BCUT2D eigenvalue weighted by molar-refractivity contribution is 4.90. The van der Waals surface area contributed by atoms with Gasteiger partial charge in [0.2, 0.25) is 0 Å². The second-order valence-electron chi connectivity index (χ2n) is 1.17. The van der Waals surface area contributed by atoms with E-state index in [1.807, 2.05) is 0 Å². The molecule has 0 N–H and O–H groups in total. The van der Waals surface area contributed by atoms with Crippen molar-refractivity contribution in [1.82, 2.24) is 9.97 Å². The number of rotatable bonds is 1. The van der Waals surface area contributed by atoms with E-state index in [-0.39, 0.29) is 0 Å². The molecule has 0 bridgehead atoms. The molecule has 0 aliphatic heterocycles. The number of aromatic nitrogens is 2. The number of nitrogens with zero attached hydrogens (tertiary/aromatic N) is 2. The third kappa shape index (κ3) is 0.932. The van der Waals surface area contributed by atoms with Gasteiger partial charge in [-0.15, -0.1) is 0 Å². The van der Waals surface area contributed by atoms with Gasteiger partial charge in [0, 0.05) is 6.20 Å². The highest BCUT2D eigenvalue weighted by Gasteiger charge is 1.84. The molecule has 8 heavy (non-hydrogen) atoms. The predicted octanol–water partition coefficient (Wildman–Crippen LogP) is 0.285. The molecule has 0 atom stereocenters. The van der Waals surface area contributed by atoms with E-state index >= 15 is 0 Å². The van der Waals surface area contributed by atoms with Gasteiger partial charge in [-0.2, -0.15) is 4.98 Å². The summed E-state index contributed by atoms with van der Waals surface area (Å²) in [6, 6.07) is 1.97. The molecular formula is C5H5N2O. The van der Waals surface area contributed by atoms with Gasteiger partial charge in [-0.3, -0.25) is 0 Å².